The van der Waals surface area contributed by atoms with E-state index in [4.69, 9.17) is 14.2 Å². The molecule has 7 atom stereocenters. The van der Waals surface area contributed by atoms with Crippen LogP contribution >= 0.6 is 31.2 Å². The lowest BCUT2D eigenvalue weighted by Crippen LogP contribution is -2.63. The third kappa shape index (κ3) is 8.40. The number of aliphatic carboxylic acids is 2. The van der Waals surface area contributed by atoms with Gasteiger partial charge in [0.15, 0.2) is 17.6 Å². The van der Waals surface area contributed by atoms with Gasteiger partial charge in [-0.05, 0) is 90.5 Å². The number of hydrogen-bond acceptors (Lipinski definition) is 11. The van der Waals surface area contributed by atoms with Gasteiger partial charge in [0.2, 0.25) is 11.8 Å². The second-order valence-electron chi connectivity index (χ2n) is 13.8. The summed E-state index contributed by atoms with van der Waals surface area (Å²) in [5.74, 6) is -2.84. The van der Waals surface area contributed by atoms with Gasteiger partial charge in [-0.2, -0.15) is 0 Å². The number of likely N-dealkylation sites (N-methyl/N-ethyl adjacent to an activating group) is 1. The Morgan fingerprint density at radius 3 is 2.42 bits per heavy atom. The van der Waals surface area contributed by atoms with E-state index < -0.39 is 72.2 Å². The number of ether oxygens (including phenoxy) is 3. The number of allylic oxidation sites excluding steroid dienone is 1. The van der Waals surface area contributed by atoms with Gasteiger partial charge in [0.1, 0.15) is 17.8 Å². The van der Waals surface area contributed by atoms with Crippen molar-refractivity contribution >= 4 is 67.2 Å². The molecule has 1 saturated heterocycles. The molecule has 2 heterocycles. The molecular formula is C35H47IN5O10P. The first-order chi connectivity index (χ1) is 24.9. The monoisotopic (exact) mass is 855 g/mol. The van der Waals surface area contributed by atoms with Crippen molar-refractivity contribution in [2.45, 2.75) is 99.9 Å². The van der Waals surface area contributed by atoms with Crippen molar-refractivity contribution in [3.05, 3.63) is 35.1 Å². The normalized spacial score (nSPS) is 24.4. The summed E-state index contributed by atoms with van der Waals surface area (Å²) in [6.07, 6.45) is 7.69. The number of carboxylic acids is 2. The standard InChI is InChI=1S/C35H47IN5O10P/c1-41-17-15-35-20-8-12-26(31(35)51-30-25(49-2)11-7-19(29(30)35)18-24(20)41)50-34(48)23(10-14-28(44)45)39-32(46)21(9-13-27(42)43)38-33(47)22(40-36)6-4-5-16-37-52-3/h7,11-12,20-24,31,37,40H,3-6,8-10,13-18H2,1-2H3,(H,38,47)(H,39,46)(H,42,43)(H,44,45)/t20-,21?,22-,23?,24+,31-,35-/m0/s1. The molecule has 1 fully saturated rings. The maximum atomic E-state index is 13.9. The van der Waals surface area contributed by atoms with Crippen molar-refractivity contribution in [3.63, 3.8) is 0 Å². The molecule has 0 aromatic heterocycles. The highest BCUT2D eigenvalue weighted by Crippen LogP contribution is 2.63. The van der Waals surface area contributed by atoms with Crippen LogP contribution in [0, 0.1) is 5.92 Å². The maximum absolute atomic E-state index is 13.9. The number of amides is 2. The Labute approximate surface area is 318 Å². The highest BCUT2D eigenvalue weighted by Gasteiger charge is 2.65. The number of benzene rings is 1. The van der Waals surface area contributed by atoms with Crippen LogP contribution in [0.1, 0.15) is 68.9 Å². The number of nitrogens with one attached hydrogen (secondary N) is 4. The summed E-state index contributed by atoms with van der Waals surface area (Å²) < 4.78 is 21.3. The Balaban J connectivity index is 1.34. The highest BCUT2D eigenvalue weighted by atomic mass is 127. The summed E-state index contributed by atoms with van der Waals surface area (Å²) >= 11 is 1.86. The number of unbranched alkanes of at least 4 members (excludes halogenated alkanes) is 1. The lowest BCUT2D eigenvalue weighted by atomic mass is 9.53. The van der Waals surface area contributed by atoms with Crippen molar-refractivity contribution in [1.82, 2.24) is 24.2 Å². The van der Waals surface area contributed by atoms with Crippen molar-refractivity contribution in [1.29, 1.82) is 0 Å². The number of methoxy groups -OCH3 is 1. The zero-order valence-corrected chi connectivity index (χ0v) is 32.4. The summed E-state index contributed by atoms with van der Waals surface area (Å²) in [5, 5.41) is 27.1. The van der Waals surface area contributed by atoms with Crippen molar-refractivity contribution in [2.24, 2.45) is 5.92 Å². The van der Waals surface area contributed by atoms with Gasteiger partial charge in [0.25, 0.3) is 0 Å². The topological polar surface area (TPSA) is 205 Å². The summed E-state index contributed by atoms with van der Waals surface area (Å²) in [4.78, 5) is 66.3. The molecule has 2 aliphatic carbocycles. The van der Waals surface area contributed by atoms with Gasteiger partial charge >= 0.3 is 17.9 Å². The second-order valence-corrected chi connectivity index (χ2v) is 15.0. The summed E-state index contributed by atoms with van der Waals surface area (Å²) in [7, 11) is 4.52. The predicted octanol–water partition coefficient (Wildman–Crippen LogP) is 2.46. The minimum Gasteiger partial charge on any atom is -0.493 e. The molecule has 284 valence electrons. The lowest BCUT2D eigenvalue weighted by molar-refractivity contribution is -0.148. The van der Waals surface area contributed by atoms with Crippen LogP contribution in [0.5, 0.6) is 11.5 Å². The molecule has 6 N–H and O–H groups in total. The number of carboxylic acid groups (broad SMARTS) is 2. The predicted molar refractivity (Wildman–Crippen MR) is 201 cm³/mol. The molecular weight excluding hydrogens is 808 g/mol. The first kappa shape index (κ1) is 39.9. The fourth-order valence-electron chi connectivity index (χ4n) is 8.22. The first-order valence-electron chi connectivity index (χ1n) is 17.5. The molecule has 1 aromatic rings. The summed E-state index contributed by atoms with van der Waals surface area (Å²) in [5.41, 5.74) is 1.80. The van der Waals surface area contributed by atoms with E-state index in [1.54, 1.807) is 7.11 Å². The van der Waals surface area contributed by atoms with E-state index in [0.29, 0.717) is 36.5 Å². The molecule has 5 rings (SSSR count). The van der Waals surface area contributed by atoms with E-state index >= 15 is 0 Å². The van der Waals surface area contributed by atoms with E-state index in [2.05, 4.69) is 43.6 Å². The van der Waals surface area contributed by atoms with Crippen molar-refractivity contribution < 1.29 is 48.4 Å². The lowest BCUT2D eigenvalue weighted by Gasteiger charge is -2.56. The number of likely N-dealkylation sites (tertiary alicyclic amines) is 1. The SMILES string of the molecule is C=PNCCCC[C@H](NI)C(=O)NC(CCC(=O)O)C(=O)NC(CCC(=O)O)C(=O)OC1=CC[C@H]2[C@H]3Cc4ccc(OC)c5c4[C@@]2(CCN3C)[C@H]1O5. The summed E-state index contributed by atoms with van der Waals surface area (Å²) in [6.45, 7) is 1.55. The van der Waals surface area contributed by atoms with Crippen LogP contribution in [0.15, 0.2) is 24.0 Å². The zero-order chi connectivity index (χ0) is 37.6. The number of halogens is 1. The van der Waals surface area contributed by atoms with Crippen molar-refractivity contribution in [3.8, 4) is 11.5 Å². The number of carbonyl (C=O) groups excluding carboxylic acids is 3. The number of carbonyl (C=O) groups is 5. The van der Waals surface area contributed by atoms with E-state index in [1.807, 2.05) is 35.0 Å². The molecule has 2 unspecified atom stereocenters. The quantitative estimate of drug-likeness (QED) is 0.0368. The Bertz CT molecular complexity index is 1590. The van der Waals surface area contributed by atoms with Gasteiger partial charge < -0.3 is 40.0 Å². The number of hydrogen-bond donors (Lipinski definition) is 6. The zero-order valence-electron chi connectivity index (χ0n) is 29.3. The average molecular weight is 856 g/mol. The first-order valence-corrected chi connectivity index (χ1v) is 19.7. The number of piperidine rings is 1. The third-order valence-corrected chi connectivity index (χ3v) is 12.0. The van der Waals surface area contributed by atoms with E-state index in [1.165, 1.54) is 5.56 Å². The van der Waals surface area contributed by atoms with Gasteiger partial charge in [-0.15, -0.1) is 0 Å². The van der Waals surface area contributed by atoms with Crippen LogP contribution < -0.4 is 28.7 Å². The molecule has 4 aliphatic rings. The molecule has 2 amide bonds. The number of rotatable bonds is 20. The van der Waals surface area contributed by atoms with E-state index in [-0.39, 0.29) is 24.8 Å². The smallest absolute Gasteiger partial charge is 0.333 e. The fraction of sp³-hybridized carbons (Fsp3) is 0.600. The Morgan fingerprint density at radius 2 is 1.75 bits per heavy atom. The van der Waals surface area contributed by atoms with Gasteiger partial charge in [0, 0.05) is 59.3 Å². The van der Waals surface area contributed by atoms with Crippen LogP contribution in [-0.4, -0.2) is 109 Å². The minimum absolute atomic E-state index is 0.200. The van der Waals surface area contributed by atoms with Gasteiger partial charge in [0.05, 0.1) is 13.2 Å². The van der Waals surface area contributed by atoms with Crippen LogP contribution in [-0.2, 0) is 40.5 Å². The van der Waals surface area contributed by atoms with Crippen LogP contribution in [0.3, 0.4) is 0 Å². The Kier molecular flexibility index (Phi) is 13.6. The number of esters is 1. The van der Waals surface area contributed by atoms with E-state index in [9.17, 15) is 34.2 Å². The van der Waals surface area contributed by atoms with Crippen LogP contribution in [0.25, 0.3) is 0 Å². The highest BCUT2D eigenvalue weighted by molar-refractivity contribution is 14.1. The second kappa shape index (κ2) is 17.7. The maximum Gasteiger partial charge on any atom is 0.333 e. The molecule has 0 radical (unpaired) electrons. The molecule has 1 spiro atoms. The molecule has 2 bridgehead atoms. The molecule has 17 heteroatoms. The third-order valence-electron chi connectivity index (χ3n) is 10.8. The average Bonchev–Trinajstić information content (AvgIpc) is 3.47. The minimum atomic E-state index is -1.41. The fourth-order valence-corrected chi connectivity index (χ4v) is 9.13. The largest absolute Gasteiger partial charge is 0.493 e. The molecule has 1 aromatic carbocycles. The molecule has 0 saturated carbocycles. The van der Waals surface area contributed by atoms with Crippen molar-refractivity contribution in [2.75, 3.05) is 27.2 Å². The Morgan fingerprint density at radius 1 is 1.06 bits per heavy atom. The molecule has 15 nitrogen and oxygen atoms in total. The van der Waals surface area contributed by atoms with Gasteiger partial charge in [-0.1, -0.05) is 18.8 Å². The molecule has 2 aliphatic heterocycles. The molecule has 52 heavy (non-hydrogen) atoms. The van der Waals surface area contributed by atoms with Crippen LogP contribution in [0.2, 0.25) is 0 Å². The summed E-state index contributed by atoms with van der Waals surface area (Å²) in [6, 6.07) is 0.848. The van der Waals surface area contributed by atoms with E-state index in [0.717, 1.165) is 46.3 Å². The Hall–Kier alpha value is -3.31. The van der Waals surface area contributed by atoms with Gasteiger partial charge in [-0.3, -0.25) is 24.3 Å². The van der Waals surface area contributed by atoms with Crippen LogP contribution in [0.4, 0.5) is 0 Å². The number of nitrogens with zero attached hydrogens (tertiary/aromatic N) is 1. The van der Waals surface area contributed by atoms with Gasteiger partial charge in [-0.25, -0.2) is 8.32 Å².